The van der Waals surface area contributed by atoms with Gasteiger partial charge in [-0.05, 0) is 0 Å². The zero-order valence-corrected chi connectivity index (χ0v) is 15.6. The molecular weight excluding hydrogens is 402 g/mol. The van der Waals surface area contributed by atoms with Crippen LogP contribution in [0.25, 0.3) is 0 Å². The van der Waals surface area contributed by atoms with Crippen LogP contribution in [0.15, 0.2) is 23.0 Å². The summed E-state index contributed by atoms with van der Waals surface area (Å²) in [4.78, 5) is 21.1. The molecule has 0 fully saturated rings. The third-order valence-electron chi connectivity index (χ3n) is 2.95. The summed E-state index contributed by atoms with van der Waals surface area (Å²) in [6, 6.07) is 0. The van der Waals surface area contributed by atoms with E-state index in [0.29, 0.717) is 0 Å². The van der Waals surface area contributed by atoms with Crippen molar-refractivity contribution in [2.75, 3.05) is 13.2 Å². The molecule has 0 aromatic heterocycles. The third kappa shape index (κ3) is 5.03. The summed E-state index contributed by atoms with van der Waals surface area (Å²) >= 11 is 0. The number of aliphatic hydroxyl groups excluding tert-OH is 8. The molecule has 13 heteroatoms. The summed E-state index contributed by atoms with van der Waals surface area (Å²) in [6.07, 6.45) is -5.55. The van der Waals surface area contributed by atoms with E-state index in [1.807, 2.05) is 0 Å². The maximum atomic E-state index is 10.5. The van der Waals surface area contributed by atoms with Crippen LogP contribution in [-0.4, -0.2) is 90.4 Å². The average Bonchev–Trinajstić information content (AvgIpc) is 2.98. The molecule has 0 spiro atoms. The number of rotatable bonds is 4. The van der Waals surface area contributed by atoms with Crippen molar-refractivity contribution >= 4 is 11.9 Å². The van der Waals surface area contributed by atoms with Gasteiger partial charge in [0.25, 0.3) is 0 Å². The van der Waals surface area contributed by atoms with Crippen molar-refractivity contribution < 1.29 is 79.4 Å². The van der Waals surface area contributed by atoms with Gasteiger partial charge in [0, 0.05) is 19.5 Å². The SMILES string of the molecule is O=C1O[C@H]([C@@H](O)CO)C(O)=C1O.O=C1O[C@H]([C@@H](O)CO)C(O)=C1O.[Zn]. The summed E-state index contributed by atoms with van der Waals surface area (Å²) < 4.78 is 8.63. The van der Waals surface area contributed by atoms with Crippen LogP contribution in [0.1, 0.15) is 0 Å². The van der Waals surface area contributed by atoms with Crippen LogP contribution in [0.4, 0.5) is 0 Å². The minimum absolute atomic E-state index is 0. The molecule has 8 N–H and O–H groups in total. The molecule has 0 aromatic carbocycles. The maximum Gasteiger partial charge on any atom is 0.377 e. The second kappa shape index (κ2) is 9.54. The van der Waals surface area contributed by atoms with E-state index in [2.05, 4.69) is 9.47 Å². The van der Waals surface area contributed by atoms with Crippen molar-refractivity contribution in [1.82, 2.24) is 0 Å². The molecule has 0 radical (unpaired) electrons. The van der Waals surface area contributed by atoms with Crippen molar-refractivity contribution in [1.29, 1.82) is 0 Å². The minimum atomic E-state index is -1.42. The molecule has 0 saturated heterocycles. The van der Waals surface area contributed by atoms with Crippen LogP contribution in [-0.2, 0) is 38.5 Å². The van der Waals surface area contributed by atoms with Crippen molar-refractivity contribution in [2.24, 2.45) is 0 Å². The predicted molar refractivity (Wildman–Crippen MR) is 70.5 cm³/mol. The van der Waals surface area contributed by atoms with Crippen LogP contribution in [0, 0.1) is 0 Å². The zero-order chi connectivity index (χ0) is 18.6. The molecular formula is C12H16O12Zn. The Labute approximate surface area is 152 Å². The first kappa shape index (κ1) is 23.1. The van der Waals surface area contributed by atoms with Crippen LogP contribution >= 0.6 is 0 Å². The van der Waals surface area contributed by atoms with Crippen molar-refractivity contribution in [3.8, 4) is 0 Å². The summed E-state index contributed by atoms with van der Waals surface area (Å²) in [6.45, 7) is -1.34. The van der Waals surface area contributed by atoms with Crippen molar-refractivity contribution in [3.05, 3.63) is 23.0 Å². The first-order valence-electron chi connectivity index (χ1n) is 6.39. The normalized spacial score (nSPS) is 24.8. The van der Waals surface area contributed by atoms with E-state index in [0.717, 1.165) is 0 Å². The Morgan fingerprint density at radius 2 is 1.04 bits per heavy atom. The zero-order valence-electron chi connectivity index (χ0n) is 12.6. The summed E-state index contributed by atoms with van der Waals surface area (Å²) in [5.41, 5.74) is 0. The van der Waals surface area contributed by atoms with Crippen LogP contribution in [0.3, 0.4) is 0 Å². The molecule has 2 aliphatic heterocycles. The van der Waals surface area contributed by atoms with Gasteiger partial charge in [0.15, 0.2) is 23.7 Å². The largest absolute Gasteiger partial charge is 0.505 e. The second-order valence-electron chi connectivity index (χ2n) is 4.62. The number of hydrogen-bond donors (Lipinski definition) is 8. The Morgan fingerprint density at radius 3 is 1.20 bits per heavy atom. The van der Waals surface area contributed by atoms with Gasteiger partial charge in [-0.15, -0.1) is 0 Å². The predicted octanol–water partition coefficient (Wildman–Crippen LogP) is -2.82. The summed E-state index contributed by atoms with van der Waals surface area (Å²) in [7, 11) is 0. The molecule has 4 atom stereocenters. The fourth-order valence-electron chi connectivity index (χ4n) is 1.65. The molecule has 2 heterocycles. The molecule has 0 aromatic rings. The molecule has 0 bridgehead atoms. The number of esters is 2. The quantitative estimate of drug-likeness (QED) is 0.172. The molecule has 2 rings (SSSR count). The Kier molecular flexibility index (Phi) is 8.81. The second-order valence-corrected chi connectivity index (χ2v) is 4.62. The van der Waals surface area contributed by atoms with E-state index in [1.54, 1.807) is 0 Å². The van der Waals surface area contributed by atoms with E-state index >= 15 is 0 Å². The smallest absolute Gasteiger partial charge is 0.377 e. The molecule has 12 nitrogen and oxygen atoms in total. The Hall–Kier alpha value is -1.92. The maximum absolute atomic E-state index is 10.5. The number of hydrogen-bond acceptors (Lipinski definition) is 12. The van der Waals surface area contributed by atoms with E-state index < -0.39 is 72.6 Å². The minimum Gasteiger partial charge on any atom is -0.505 e. The molecule has 0 amide bonds. The van der Waals surface area contributed by atoms with Crippen LogP contribution < -0.4 is 0 Å². The van der Waals surface area contributed by atoms with Crippen molar-refractivity contribution in [2.45, 2.75) is 24.4 Å². The van der Waals surface area contributed by atoms with E-state index in [9.17, 15) is 9.59 Å². The van der Waals surface area contributed by atoms with Gasteiger partial charge in [-0.25, -0.2) is 9.59 Å². The van der Waals surface area contributed by atoms with Gasteiger partial charge in [0.05, 0.1) is 13.2 Å². The van der Waals surface area contributed by atoms with Crippen LogP contribution in [0.2, 0.25) is 0 Å². The third-order valence-corrected chi connectivity index (χ3v) is 2.95. The molecule has 138 valence electrons. The van der Waals surface area contributed by atoms with E-state index in [-0.39, 0.29) is 19.5 Å². The Bertz CT molecular complexity index is 520. The monoisotopic (exact) mass is 416 g/mol. The first-order valence-corrected chi connectivity index (χ1v) is 6.39. The van der Waals surface area contributed by atoms with E-state index in [1.165, 1.54) is 0 Å². The van der Waals surface area contributed by atoms with Gasteiger partial charge < -0.3 is 50.3 Å². The fourth-order valence-corrected chi connectivity index (χ4v) is 1.65. The topological polar surface area (TPSA) is 214 Å². The Balaban J connectivity index is 0.000000443. The van der Waals surface area contributed by atoms with Gasteiger partial charge in [0.2, 0.25) is 11.5 Å². The molecule has 25 heavy (non-hydrogen) atoms. The van der Waals surface area contributed by atoms with Gasteiger partial charge in [0.1, 0.15) is 12.2 Å². The summed E-state index contributed by atoms with van der Waals surface area (Å²) in [5, 5.41) is 70.1. The number of carbonyl (C=O) groups is 2. The number of aliphatic hydroxyl groups is 8. The molecule has 2 aliphatic rings. The standard InChI is InChI=1S/2C6H8O6.Zn/c2*7-1-2(8)5-3(9)4(10)6(11)12-5;/h2*2,5,7-10H,1H2;/t2*2-,5+;/m00./s1. The fraction of sp³-hybridized carbons (Fsp3) is 0.500. The van der Waals surface area contributed by atoms with E-state index in [4.69, 9.17) is 40.9 Å². The van der Waals surface area contributed by atoms with Gasteiger partial charge >= 0.3 is 11.9 Å². The first-order chi connectivity index (χ1) is 11.1. The van der Waals surface area contributed by atoms with Crippen molar-refractivity contribution in [3.63, 3.8) is 0 Å². The van der Waals surface area contributed by atoms with Crippen LogP contribution in [0.5, 0.6) is 0 Å². The number of carbonyl (C=O) groups excluding carboxylic acids is 2. The molecule has 0 aliphatic carbocycles. The van der Waals surface area contributed by atoms with Gasteiger partial charge in [-0.3, -0.25) is 0 Å². The number of cyclic esters (lactones) is 2. The Morgan fingerprint density at radius 1 is 0.760 bits per heavy atom. The molecule has 0 saturated carbocycles. The number of ether oxygens (including phenoxy) is 2. The van der Waals surface area contributed by atoms with Gasteiger partial charge in [-0.1, -0.05) is 0 Å². The summed E-state index contributed by atoms with van der Waals surface area (Å²) in [5.74, 6) is -5.56. The van der Waals surface area contributed by atoms with Gasteiger partial charge in [-0.2, -0.15) is 0 Å². The molecule has 0 unspecified atom stereocenters. The average molecular weight is 418 g/mol.